The van der Waals surface area contributed by atoms with Crippen molar-refractivity contribution in [3.05, 3.63) is 23.0 Å². The number of carbonyl (C=O) groups excluding carboxylic acids is 1. The van der Waals surface area contributed by atoms with Crippen LogP contribution in [0.25, 0.3) is 0 Å². The Bertz CT molecular complexity index is 456. The molecule has 0 aliphatic rings. The Hall–Kier alpha value is -1.49. The van der Waals surface area contributed by atoms with E-state index in [0.29, 0.717) is 29.3 Å². The maximum atomic E-state index is 12.1. The summed E-state index contributed by atoms with van der Waals surface area (Å²) in [5.41, 5.74) is 0.900. The minimum atomic E-state index is -0.896. The number of amides is 1. The maximum absolute atomic E-state index is 12.1. The molecule has 0 bridgehead atoms. The van der Waals surface area contributed by atoms with E-state index in [1.807, 2.05) is 13.8 Å². The number of nitrogens with zero attached hydrogens (tertiary/aromatic N) is 2. The highest BCUT2D eigenvalue weighted by atomic mass is 16.3. The summed E-state index contributed by atoms with van der Waals surface area (Å²) in [6, 6.07) is 1.70. The molecule has 1 amide bonds. The highest BCUT2D eigenvalue weighted by molar-refractivity contribution is 5.95. The van der Waals surface area contributed by atoms with Gasteiger partial charge in [0, 0.05) is 6.54 Å². The van der Waals surface area contributed by atoms with Crippen LogP contribution in [0.1, 0.15) is 48.9 Å². The topological polar surface area (TPSA) is 75.1 Å². The highest BCUT2D eigenvalue weighted by Gasteiger charge is 2.23. The van der Waals surface area contributed by atoms with Gasteiger partial charge >= 0.3 is 0 Å². The Labute approximate surface area is 114 Å². The zero-order valence-corrected chi connectivity index (χ0v) is 12.3. The van der Waals surface area contributed by atoms with Crippen LogP contribution < -0.4 is 5.32 Å². The molecule has 0 radical (unpaired) electrons. The van der Waals surface area contributed by atoms with Crippen molar-refractivity contribution in [2.45, 2.75) is 46.6 Å². The quantitative estimate of drug-likeness (QED) is 0.848. The Morgan fingerprint density at radius 1 is 1.42 bits per heavy atom. The Morgan fingerprint density at radius 3 is 2.63 bits per heavy atom. The molecular formula is C14H23N3O2. The fourth-order valence-electron chi connectivity index (χ4n) is 2.10. The summed E-state index contributed by atoms with van der Waals surface area (Å²) in [4.78, 5) is 12.1. The van der Waals surface area contributed by atoms with Crippen LogP contribution in [0, 0.1) is 19.8 Å². The van der Waals surface area contributed by atoms with Gasteiger partial charge in [-0.05, 0) is 39.2 Å². The number of hydrogen-bond acceptors (Lipinski definition) is 4. The van der Waals surface area contributed by atoms with E-state index < -0.39 is 5.60 Å². The van der Waals surface area contributed by atoms with Crippen LogP contribution >= 0.6 is 0 Å². The van der Waals surface area contributed by atoms with E-state index in [2.05, 4.69) is 15.5 Å². The molecule has 1 atom stereocenters. The molecule has 0 aliphatic carbocycles. The van der Waals surface area contributed by atoms with Gasteiger partial charge in [0.1, 0.15) is 0 Å². The smallest absolute Gasteiger partial charge is 0.253 e. The van der Waals surface area contributed by atoms with Gasteiger partial charge in [-0.25, -0.2) is 0 Å². The minimum Gasteiger partial charge on any atom is -0.388 e. The lowest BCUT2D eigenvalue weighted by Crippen LogP contribution is -2.41. The minimum absolute atomic E-state index is 0.223. The molecule has 0 fully saturated rings. The third-order valence-corrected chi connectivity index (χ3v) is 2.82. The van der Waals surface area contributed by atoms with Crippen molar-refractivity contribution < 1.29 is 9.90 Å². The molecule has 1 aromatic rings. The molecule has 0 saturated heterocycles. The van der Waals surface area contributed by atoms with Gasteiger partial charge in [0.15, 0.2) is 0 Å². The largest absolute Gasteiger partial charge is 0.388 e. The van der Waals surface area contributed by atoms with Crippen LogP contribution in [0.5, 0.6) is 0 Å². The van der Waals surface area contributed by atoms with Gasteiger partial charge in [0.25, 0.3) is 5.91 Å². The fourth-order valence-corrected chi connectivity index (χ4v) is 2.10. The number of rotatable bonds is 5. The van der Waals surface area contributed by atoms with Crippen molar-refractivity contribution in [3.8, 4) is 0 Å². The van der Waals surface area contributed by atoms with E-state index in [1.54, 1.807) is 26.8 Å². The van der Waals surface area contributed by atoms with Crippen LogP contribution in [0.3, 0.4) is 0 Å². The molecule has 1 unspecified atom stereocenters. The molecule has 1 rings (SSSR count). The lowest BCUT2D eigenvalue weighted by atomic mass is 9.94. The summed E-state index contributed by atoms with van der Waals surface area (Å²) in [6.07, 6.45) is 0.639. The van der Waals surface area contributed by atoms with Gasteiger partial charge in [0.05, 0.1) is 22.6 Å². The number of aromatic nitrogens is 2. The predicted octanol–water partition coefficient (Wildman–Crippen LogP) is 1.62. The monoisotopic (exact) mass is 265 g/mol. The van der Waals surface area contributed by atoms with Crippen molar-refractivity contribution in [3.63, 3.8) is 0 Å². The number of hydrogen-bond donors (Lipinski definition) is 2. The normalized spacial score (nSPS) is 14.3. The third-order valence-electron chi connectivity index (χ3n) is 2.82. The van der Waals surface area contributed by atoms with Gasteiger partial charge in [-0.2, -0.15) is 10.2 Å². The number of nitrogens with one attached hydrogen (secondary N) is 1. The van der Waals surface area contributed by atoms with E-state index in [1.165, 1.54) is 0 Å². The molecule has 0 saturated carbocycles. The maximum Gasteiger partial charge on any atom is 0.253 e. The lowest BCUT2D eigenvalue weighted by Gasteiger charge is -2.25. The molecule has 0 aromatic carbocycles. The summed E-state index contributed by atoms with van der Waals surface area (Å²) in [6.45, 7) is 9.57. The van der Waals surface area contributed by atoms with E-state index in [0.717, 1.165) is 0 Å². The molecule has 1 aromatic heterocycles. The first kappa shape index (κ1) is 15.6. The van der Waals surface area contributed by atoms with Crippen LogP contribution in [-0.4, -0.2) is 33.4 Å². The van der Waals surface area contributed by atoms with Crippen LogP contribution in [0.4, 0.5) is 0 Å². The van der Waals surface area contributed by atoms with Crippen molar-refractivity contribution in [2.75, 3.05) is 6.54 Å². The summed E-state index contributed by atoms with van der Waals surface area (Å²) >= 11 is 0. The standard InChI is InChI=1S/C14H23N3O2/c1-9(2)7-14(5,19)8-15-13(18)12-6-10(3)16-17-11(12)4/h6,9,19H,7-8H2,1-5H3,(H,15,18). The van der Waals surface area contributed by atoms with Crippen LogP contribution in [0.15, 0.2) is 6.07 Å². The second-order valence-electron chi connectivity index (χ2n) is 5.76. The van der Waals surface area contributed by atoms with Crippen molar-refractivity contribution in [1.29, 1.82) is 0 Å². The number of aryl methyl sites for hydroxylation is 2. The van der Waals surface area contributed by atoms with Crippen molar-refractivity contribution >= 4 is 5.91 Å². The Kier molecular flexibility index (Phi) is 5.00. The second kappa shape index (κ2) is 6.10. The molecule has 0 spiro atoms. The molecule has 106 valence electrons. The Morgan fingerprint density at radius 2 is 2.05 bits per heavy atom. The zero-order chi connectivity index (χ0) is 14.6. The highest BCUT2D eigenvalue weighted by Crippen LogP contribution is 2.15. The number of aliphatic hydroxyl groups is 1. The zero-order valence-electron chi connectivity index (χ0n) is 12.3. The van der Waals surface area contributed by atoms with Crippen molar-refractivity contribution in [1.82, 2.24) is 15.5 Å². The molecule has 19 heavy (non-hydrogen) atoms. The van der Waals surface area contributed by atoms with Crippen molar-refractivity contribution in [2.24, 2.45) is 5.92 Å². The average Bonchev–Trinajstić information content (AvgIpc) is 2.27. The van der Waals surface area contributed by atoms with Gasteiger partial charge in [-0.3, -0.25) is 4.79 Å². The summed E-state index contributed by atoms with van der Waals surface area (Å²) in [5.74, 6) is 0.151. The van der Waals surface area contributed by atoms with E-state index in [-0.39, 0.29) is 12.5 Å². The second-order valence-corrected chi connectivity index (χ2v) is 5.76. The summed E-state index contributed by atoms with van der Waals surface area (Å²) in [5, 5.41) is 20.7. The van der Waals surface area contributed by atoms with Gasteiger partial charge in [-0.1, -0.05) is 13.8 Å². The fraction of sp³-hybridized carbons (Fsp3) is 0.643. The lowest BCUT2D eigenvalue weighted by molar-refractivity contribution is 0.0368. The van der Waals surface area contributed by atoms with E-state index in [9.17, 15) is 9.90 Å². The molecule has 5 heteroatoms. The SMILES string of the molecule is Cc1cc(C(=O)NCC(C)(O)CC(C)C)c(C)nn1. The van der Waals surface area contributed by atoms with Crippen LogP contribution in [-0.2, 0) is 0 Å². The molecule has 0 aliphatic heterocycles. The first-order chi connectivity index (χ1) is 8.71. The first-order valence-corrected chi connectivity index (χ1v) is 6.53. The predicted molar refractivity (Wildman–Crippen MR) is 73.9 cm³/mol. The third kappa shape index (κ3) is 4.95. The molecule has 5 nitrogen and oxygen atoms in total. The first-order valence-electron chi connectivity index (χ1n) is 6.53. The van der Waals surface area contributed by atoms with Gasteiger partial charge < -0.3 is 10.4 Å². The Balaban J connectivity index is 2.68. The van der Waals surface area contributed by atoms with E-state index in [4.69, 9.17) is 0 Å². The molecule has 1 heterocycles. The summed E-state index contributed by atoms with van der Waals surface area (Å²) < 4.78 is 0. The van der Waals surface area contributed by atoms with Crippen LogP contribution in [0.2, 0.25) is 0 Å². The number of carbonyl (C=O) groups is 1. The average molecular weight is 265 g/mol. The summed E-state index contributed by atoms with van der Waals surface area (Å²) in [7, 11) is 0. The molecule has 2 N–H and O–H groups in total. The van der Waals surface area contributed by atoms with Gasteiger partial charge in [0.2, 0.25) is 0 Å². The molecular weight excluding hydrogens is 242 g/mol. The van der Waals surface area contributed by atoms with E-state index >= 15 is 0 Å². The van der Waals surface area contributed by atoms with Gasteiger partial charge in [-0.15, -0.1) is 0 Å².